The van der Waals surface area contributed by atoms with E-state index in [1.54, 1.807) is 6.07 Å². The van der Waals surface area contributed by atoms with E-state index in [0.29, 0.717) is 13.1 Å². The first-order valence-corrected chi connectivity index (χ1v) is 13.9. The van der Waals surface area contributed by atoms with Gasteiger partial charge in [0.25, 0.3) is 5.91 Å². The first kappa shape index (κ1) is 25.9. The highest BCUT2D eigenvalue weighted by molar-refractivity contribution is 5.94. The van der Waals surface area contributed by atoms with E-state index in [1.807, 2.05) is 36.9 Å². The third-order valence-corrected chi connectivity index (χ3v) is 8.63. The normalized spacial score (nSPS) is 18.9. The molecule has 1 amide bonds. The Bertz CT molecular complexity index is 939. The quantitative estimate of drug-likeness (QED) is 0.385. The zero-order chi connectivity index (χ0) is 24.7. The van der Waals surface area contributed by atoms with E-state index in [2.05, 4.69) is 23.1 Å². The summed E-state index contributed by atoms with van der Waals surface area (Å²) in [5, 5.41) is 0. The second-order valence-electron chi connectivity index (χ2n) is 10.6. The van der Waals surface area contributed by atoms with E-state index in [0.717, 1.165) is 43.0 Å². The Labute approximate surface area is 211 Å². The number of likely N-dealkylation sites (tertiary alicyclic amines) is 1. The van der Waals surface area contributed by atoms with Crippen LogP contribution in [0.1, 0.15) is 93.1 Å². The van der Waals surface area contributed by atoms with Gasteiger partial charge >= 0.3 is 0 Å². The largest absolute Gasteiger partial charge is 0.339 e. The molecule has 0 N–H and O–H groups in total. The van der Waals surface area contributed by atoms with Crippen molar-refractivity contribution in [3.63, 3.8) is 0 Å². The van der Waals surface area contributed by atoms with Crippen LogP contribution in [0.3, 0.4) is 0 Å². The first-order valence-electron chi connectivity index (χ1n) is 13.9. The van der Waals surface area contributed by atoms with Crippen molar-refractivity contribution in [3.8, 4) is 0 Å². The van der Waals surface area contributed by atoms with E-state index >= 15 is 0 Å². The summed E-state index contributed by atoms with van der Waals surface area (Å²) in [5.41, 5.74) is 2.77. The number of nitrogens with zero attached hydrogens (tertiary/aromatic N) is 2. The smallest absolute Gasteiger partial charge is 0.253 e. The van der Waals surface area contributed by atoms with E-state index in [9.17, 15) is 9.18 Å². The standard InChI is InChI=1S/C31H43FN2O/c1-3-34(4-2)30(35)26-15-17-27(18-16-26)31(28-13-8-14-29(32)24-28)19-22-33(23-20-31)21-9-12-25-10-6-5-7-11-25/h8,13-18,24-25H,3-7,9-12,19-23H2,1-2H3. The summed E-state index contributed by atoms with van der Waals surface area (Å²) in [6, 6.07) is 15.3. The monoisotopic (exact) mass is 478 g/mol. The fourth-order valence-electron chi connectivity index (χ4n) is 6.39. The van der Waals surface area contributed by atoms with Crippen molar-refractivity contribution in [2.75, 3.05) is 32.7 Å². The number of piperidine rings is 1. The summed E-state index contributed by atoms with van der Waals surface area (Å²) in [7, 11) is 0. The fourth-order valence-corrected chi connectivity index (χ4v) is 6.39. The van der Waals surface area contributed by atoms with Gasteiger partial charge in [0.1, 0.15) is 5.82 Å². The van der Waals surface area contributed by atoms with E-state index in [4.69, 9.17) is 0 Å². The van der Waals surface area contributed by atoms with Gasteiger partial charge in [-0.25, -0.2) is 4.39 Å². The molecular weight excluding hydrogens is 435 g/mol. The molecule has 2 fully saturated rings. The van der Waals surface area contributed by atoms with Gasteiger partial charge in [-0.2, -0.15) is 0 Å². The minimum atomic E-state index is -0.210. The average Bonchev–Trinajstić information content (AvgIpc) is 2.90. The first-order chi connectivity index (χ1) is 17.1. The van der Waals surface area contributed by atoms with Crippen LogP contribution in [0, 0.1) is 11.7 Å². The molecule has 2 aliphatic rings. The van der Waals surface area contributed by atoms with Gasteiger partial charge in [-0.05, 0) is 100 Å². The molecule has 0 aromatic heterocycles. The highest BCUT2D eigenvalue weighted by Gasteiger charge is 2.38. The molecule has 190 valence electrons. The molecule has 0 unspecified atom stereocenters. The number of halogens is 1. The molecule has 0 spiro atoms. The van der Waals surface area contributed by atoms with Crippen LogP contribution >= 0.6 is 0 Å². The molecule has 2 aromatic rings. The highest BCUT2D eigenvalue weighted by Crippen LogP contribution is 2.42. The van der Waals surface area contributed by atoms with Gasteiger partial charge in [-0.3, -0.25) is 4.79 Å². The molecule has 1 saturated carbocycles. The molecule has 2 aromatic carbocycles. The highest BCUT2D eigenvalue weighted by atomic mass is 19.1. The second kappa shape index (κ2) is 12.2. The Hall–Kier alpha value is -2.20. The van der Waals surface area contributed by atoms with Gasteiger partial charge in [0, 0.05) is 24.1 Å². The van der Waals surface area contributed by atoms with Crippen molar-refractivity contribution in [2.24, 2.45) is 5.92 Å². The van der Waals surface area contributed by atoms with Crippen LogP contribution < -0.4 is 0 Å². The second-order valence-corrected chi connectivity index (χ2v) is 10.6. The molecule has 35 heavy (non-hydrogen) atoms. The predicted molar refractivity (Wildman–Crippen MR) is 142 cm³/mol. The number of hydrogen-bond acceptors (Lipinski definition) is 2. The summed E-state index contributed by atoms with van der Waals surface area (Å²) in [4.78, 5) is 17.3. The van der Waals surface area contributed by atoms with Crippen LogP contribution in [0.5, 0.6) is 0 Å². The third-order valence-electron chi connectivity index (χ3n) is 8.63. The van der Waals surface area contributed by atoms with Gasteiger partial charge in [0.15, 0.2) is 0 Å². The van der Waals surface area contributed by atoms with Crippen molar-refractivity contribution in [1.29, 1.82) is 0 Å². The fraction of sp³-hybridized carbons (Fsp3) is 0.581. The van der Waals surface area contributed by atoms with Crippen LogP contribution in [-0.4, -0.2) is 48.4 Å². The van der Waals surface area contributed by atoms with Crippen LogP contribution in [0.4, 0.5) is 4.39 Å². The number of benzene rings is 2. The number of carbonyl (C=O) groups is 1. The zero-order valence-corrected chi connectivity index (χ0v) is 21.8. The van der Waals surface area contributed by atoms with E-state index in [-0.39, 0.29) is 17.1 Å². The number of amides is 1. The molecule has 0 atom stereocenters. The van der Waals surface area contributed by atoms with Crippen molar-refractivity contribution in [1.82, 2.24) is 9.80 Å². The lowest BCUT2D eigenvalue weighted by molar-refractivity contribution is 0.0773. The molecule has 1 aliphatic heterocycles. The summed E-state index contributed by atoms with van der Waals surface area (Å²) in [6.07, 6.45) is 11.7. The van der Waals surface area contributed by atoms with Gasteiger partial charge in [-0.1, -0.05) is 56.4 Å². The average molecular weight is 479 g/mol. The van der Waals surface area contributed by atoms with Crippen molar-refractivity contribution < 1.29 is 9.18 Å². The minimum absolute atomic E-state index is 0.0779. The maximum Gasteiger partial charge on any atom is 0.253 e. The van der Waals surface area contributed by atoms with E-state index < -0.39 is 0 Å². The lowest BCUT2D eigenvalue weighted by Gasteiger charge is -2.43. The van der Waals surface area contributed by atoms with Crippen LogP contribution in [0.15, 0.2) is 48.5 Å². The molecule has 0 radical (unpaired) electrons. The molecule has 0 bridgehead atoms. The molecule has 4 heteroatoms. The molecule has 1 heterocycles. The van der Waals surface area contributed by atoms with Crippen LogP contribution in [-0.2, 0) is 5.41 Å². The summed E-state index contributed by atoms with van der Waals surface area (Å²) < 4.78 is 14.3. The van der Waals surface area contributed by atoms with Gasteiger partial charge in [0.05, 0.1) is 0 Å². The van der Waals surface area contributed by atoms with Crippen molar-refractivity contribution in [2.45, 2.75) is 77.0 Å². The lowest BCUT2D eigenvalue weighted by Crippen LogP contribution is -2.43. The van der Waals surface area contributed by atoms with Gasteiger partial charge in [-0.15, -0.1) is 0 Å². The summed E-state index contributed by atoms with van der Waals surface area (Å²) >= 11 is 0. The molecule has 4 rings (SSSR count). The lowest BCUT2D eigenvalue weighted by atomic mass is 9.68. The molecule has 1 saturated heterocycles. The van der Waals surface area contributed by atoms with Crippen LogP contribution in [0.2, 0.25) is 0 Å². The number of carbonyl (C=O) groups excluding carboxylic acids is 1. The minimum Gasteiger partial charge on any atom is -0.339 e. The Morgan fingerprint density at radius 2 is 1.66 bits per heavy atom. The van der Waals surface area contributed by atoms with Crippen molar-refractivity contribution in [3.05, 3.63) is 71.0 Å². The number of hydrogen-bond donors (Lipinski definition) is 0. The van der Waals surface area contributed by atoms with Crippen LogP contribution in [0.25, 0.3) is 0 Å². The summed E-state index contributed by atoms with van der Waals surface area (Å²) in [6.45, 7) is 8.67. The SMILES string of the molecule is CCN(CC)C(=O)c1ccc(C2(c3cccc(F)c3)CCN(CCCC3CCCCC3)CC2)cc1. The van der Waals surface area contributed by atoms with Crippen molar-refractivity contribution >= 4 is 5.91 Å². The maximum absolute atomic E-state index is 14.3. The molecular formula is C31H43FN2O. The predicted octanol–water partition coefficient (Wildman–Crippen LogP) is 7.05. The zero-order valence-electron chi connectivity index (χ0n) is 21.8. The van der Waals surface area contributed by atoms with E-state index in [1.165, 1.54) is 63.1 Å². The third kappa shape index (κ3) is 6.14. The summed E-state index contributed by atoms with van der Waals surface area (Å²) in [5.74, 6) is 0.844. The number of rotatable bonds is 9. The Kier molecular flexibility index (Phi) is 8.99. The van der Waals surface area contributed by atoms with Gasteiger partial charge in [0.2, 0.25) is 0 Å². The Balaban J connectivity index is 1.47. The topological polar surface area (TPSA) is 23.6 Å². The van der Waals surface area contributed by atoms with Gasteiger partial charge < -0.3 is 9.80 Å². The maximum atomic E-state index is 14.3. The Morgan fingerprint density at radius 1 is 0.971 bits per heavy atom. The Morgan fingerprint density at radius 3 is 2.29 bits per heavy atom. The molecule has 3 nitrogen and oxygen atoms in total. The molecule has 1 aliphatic carbocycles.